The lowest BCUT2D eigenvalue weighted by Crippen LogP contribution is -2.65. The zero-order chi connectivity index (χ0) is 12.5. The van der Waals surface area contributed by atoms with Crippen LogP contribution in [0.2, 0.25) is 0 Å². The van der Waals surface area contributed by atoms with Crippen molar-refractivity contribution in [3.05, 3.63) is 0 Å². The number of carbonyl (C=O) groups excluding carboxylic acids is 1. The quantitative estimate of drug-likeness (QED) is 0.579. The van der Waals surface area contributed by atoms with E-state index in [2.05, 4.69) is 10.2 Å². The third-order valence-electron chi connectivity index (χ3n) is 4.33. The lowest BCUT2D eigenvalue weighted by atomic mass is 9.97. The van der Waals surface area contributed by atoms with Crippen LogP contribution in [0, 0.1) is 0 Å². The van der Waals surface area contributed by atoms with Gasteiger partial charge < -0.3 is 20.7 Å². The molecule has 0 aromatic rings. The maximum Gasteiger partial charge on any atom is 0.248 e. The molecule has 0 aromatic carbocycles. The first-order valence-corrected chi connectivity index (χ1v) is 6.83. The van der Waals surface area contributed by atoms with E-state index in [0.717, 1.165) is 39.1 Å². The summed E-state index contributed by atoms with van der Waals surface area (Å²) in [6.45, 7) is 5.53. The average molecular weight is 254 g/mol. The van der Waals surface area contributed by atoms with Gasteiger partial charge >= 0.3 is 0 Å². The highest BCUT2D eigenvalue weighted by molar-refractivity contribution is 5.78. The largest absolute Gasteiger partial charge is 0.369 e. The van der Waals surface area contributed by atoms with E-state index >= 15 is 0 Å². The Kier molecular flexibility index (Phi) is 3.52. The van der Waals surface area contributed by atoms with E-state index in [1.54, 1.807) is 0 Å². The number of carbonyl (C=O) groups is 1. The molecule has 3 fully saturated rings. The average Bonchev–Trinajstić information content (AvgIpc) is 2.39. The Balaban J connectivity index is 1.64. The van der Waals surface area contributed by atoms with Crippen LogP contribution in [-0.4, -0.2) is 79.8 Å². The number of nitrogens with zero attached hydrogens (tertiary/aromatic N) is 2. The molecule has 3 saturated heterocycles. The van der Waals surface area contributed by atoms with Crippen LogP contribution in [0.15, 0.2) is 0 Å². The summed E-state index contributed by atoms with van der Waals surface area (Å²) in [5, 5.41) is 3.33. The number of amides is 1. The molecule has 3 aliphatic heterocycles. The van der Waals surface area contributed by atoms with E-state index in [-0.39, 0.29) is 24.6 Å². The Morgan fingerprint density at radius 3 is 3.11 bits per heavy atom. The molecule has 3 atom stereocenters. The molecule has 3 N–H and O–H groups in total. The van der Waals surface area contributed by atoms with Crippen LogP contribution in [0.4, 0.5) is 0 Å². The number of morpholine rings is 1. The smallest absolute Gasteiger partial charge is 0.248 e. The summed E-state index contributed by atoms with van der Waals surface area (Å²) in [6.07, 6.45) is 1.10. The van der Waals surface area contributed by atoms with E-state index in [9.17, 15) is 4.79 Å². The van der Waals surface area contributed by atoms with Gasteiger partial charge in [0.15, 0.2) is 0 Å². The summed E-state index contributed by atoms with van der Waals surface area (Å²) >= 11 is 0. The molecule has 18 heavy (non-hydrogen) atoms. The minimum Gasteiger partial charge on any atom is -0.369 e. The molecule has 1 amide bonds. The van der Waals surface area contributed by atoms with E-state index in [1.165, 1.54) is 0 Å². The summed E-state index contributed by atoms with van der Waals surface area (Å²) in [5.41, 5.74) is 6.19. The molecule has 0 bridgehead atoms. The Bertz CT molecular complexity index is 325. The van der Waals surface area contributed by atoms with Crippen molar-refractivity contribution in [1.29, 1.82) is 0 Å². The zero-order valence-electron chi connectivity index (χ0n) is 10.7. The predicted octanol–water partition coefficient (Wildman–Crippen LogP) is -1.78. The molecule has 0 radical (unpaired) electrons. The molecular formula is C12H22N4O2. The summed E-state index contributed by atoms with van der Waals surface area (Å²) < 4.78 is 5.35. The van der Waals surface area contributed by atoms with Crippen molar-refractivity contribution in [1.82, 2.24) is 15.1 Å². The number of hydrogen-bond acceptors (Lipinski definition) is 5. The molecule has 3 heterocycles. The number of nitrogens with one attached hydrogen (secondary N) is 1. The minimum absolute atomic E-state index is 0.139. The first kappa shape index (κ1) is 12.3. The number of ether oxygens (including phenoxy) is 1. The Morgan fingerprint density at radius 2 is 2.28 bits per heavy atom. The van der Waals surface area contributed by atoms with Crippen molar-refractivity contribution < 1.29 is 9.53 Å². The maximum absolute atomic E-state index is 11.7. The van der Waals surface area contributed by atoms with Gasteiger partial charge in [0.05, 0.1) is 12.6 Å². The van der Waals surface area contributed by atoms with Gasteiger partial charge in [-0.25, -0.2) is 0 Å². The van der Waals surface area contributed by atoms with Gasteiger partial charge in [0, 0.05) is 38.3 Å². The van der Waals surface area contributed by atoms with Crippen LogP contribution in [0.1, 0.15) is 6.42 Å². The fourth-order valence-corrected chi connectivity index (χ4v) is 3.34. The number of nitrogens with two attached hydrogens (primary N) is 1. The van der Waals surface area contributed by atoms with Crippen molar-refractivity contribution >= 4 is 5.91 Å². The van der Waals surface area contributed by atoms with E-state index < -0.39 is 0 Å². The second-order valence-corrected chi connectivity index (χ2v) is 5.48. The van der Waals surface area contributed by atoms with Crippen molar-refractivity contribution in [2.75, 3.05) is 45.9 Å². The highest BCUT2D eigenvalue weighted by Gasteiger charge is 2.37. The Labute approximate surface area is 107 Å². The molecule has 6 nitrogen and oxygen atoms in total. The first-order valence-electron chi connectivity index (χ1n) is 6.83. The molecule has 0 aliphatic carbocycles. The molecule has 3 rings (SSSR count). The lowest BCUT2D eigenvalue weighted by molar-refractivity contribution is -0.153. The van der Waals surface area contributed by atoms with Crippen LogP contribution in [-0.2, 0) is 9.53 Å². The molecule has 0 aromatic heterocycles. The number of hydrogen-bond donors (Lipinski definition) is 2. The highest BCUT2D eigenvalue weighted by atomic mass is 16.5. The van der Waals surface area contributed by atoms with E-state index in [4.69, 9.17) is 10.5 Å². The van der Waals surface area contributed by atoms with Gasteiger partial charge in [-0.2, -0.15) is 0 Å². The maximum atomic E-state index is 11.7. The fourth-order valence-electron chi connectivity index (χ4n) is 3.34. The number of piperazine rings is 1. The van der Waals surface area contributed by atoms with Gasteiger partial charge in [0.2, 0.25) is 5.91 Å². The van der Waals surface area contributed by atoms with Crippen LogP contribution >= 0.6 is 0 Å². The minimum atomic E-state index is 0.139. The monoisotopic (exact) mass is 254 g/mol. The third-order valence-corrected chi connectivity index (χ3v) is 4.33. The van der Waals surface area contributed by atoms with Crippen molar-refractivity contribution in [3.8, 4) is 0 Å². The summed E-state index contributed by atoms with van der Waals surface area (Å²) in [6, 6.07) is 0.873. The van der Waals surface area contributed by atoms with Gasteiger partial charge in [-0.15, -0.1) is 0 Å². The van der Waals surface area contributed by atoms with Crippen LogP contribution in [0.5, 0.6) is 0 Å². The second-order valence-electron chi connectivity index (χ2n) is 5.48. The van der Waals surface area contributed by atoms with Gasteiger partial charge in [0.1, 0.15) is 6.61 Å². The van der Waals surface area contributed by atoms with Crippen molar-refractivity contribution in [3.63, 3.8) is 0 Å². The second kappa shape index (κ2) is 5.13. The van der Waals surface area contributed by atoms with Crippen LogP contribution < -0.4 is 11.1 Å². The topological polar surface area (TPSA) is 70.8 Å². The first-order chi connectivity index (χ1) is 8.75. The standard InChI is InChI=1S/C12H22N4O2/c13-10-5-14-2-1-11(10)15-3-4-16-9(6-15)7-18-8-12(16)17/h9-11,14H,1-8,13H2. The van der Waals surface area contributed by atoms with E-state index in [0.29, 0.717) is 12.6 Å². The summed E-state index contributed by atoms with van der Waals surface area (Å²) in [4.78, 5) is 16.2. The van der Waals surface area contributed by atoms with Gasteiger partial charge in [-0.05, 0) is 13.0 Å². The predicted molar refractivity (Wildman–Crippen MR) is 67.1 cm³/mol. The number of rotatable bonds is 1. The normalized spacial score (nSPS) is 38.6. The number of piperidine rings is 1. The van der Waals surface area contributed by atoms with Gasteiger partial charge in [0.25, 0.3) is 0 Å². The number of fused-ring (bicyclic) bond motifs is 1. The molecule has 102 valence electrons. The fraction of sp³-hybridized carbons (Fsp3) is 0.917. The van der Waals surface area contributed by atoms with Gasteiger partial charge in [-0.3, -0.25) is 9.69 Å². The molecule has 0 saturated carbocycles. The summed E-state index contributed by atoms with van der Waals surface area (Å²) in [5.74, 6) is 0.139. The van der Waals surface area contributed by atoms with Crippen LogP contribution in [0.25, 0.3) is 0 Å². The third kappa shape index (κ3) is 2.25. The van der Waals surface area contributed by atoms with Crippen LogP contribution in [0.3, 0.4) is 0 Å². The van der Waals surface area contributed by atoms with Crippen molar-refractivity contribution in [2.45, 2.75) is 24.5 Å². The molecule has 6 heteroatoms. The van der Waals surface area contributed by atoms with E-state index in [1.807, 2.05) is 4.90 Å². The lowest BCUT2D eigenvalue weighted by Gasteiger charge is -2.48. The van der Waals surface area contributed by atoms with Crippen molar-refractivity contribution in [2.24, 2.45) is 5.73 Å². The molecule has 3 aliphatic rings. The molecule has 0 spiro atoms. The Hall–Kier alpha value is -0.690. The van der Waals surface area contributed by atoms with Gasteiger partial charge in [-0.1, -0.05) is 0 Å². The molecule has 3 unspecified atom stereocenters. The zero-order valence-corrected chi connectivity index (χ0v) is 10.7. The highest BCUT2D eigenvalue weighted by Crippen LogP contribution is 2.19. The Morgan fingerprint density at radius 1 is 1.39 bits per heavy atom. The SMILES string of the molecule is NC1CNCCC1N1CCN2C(=O)COCC2C1. The summed E-state index contributed by atoms with van der Waals surface area (Å²) in [7, 11) is 0. The molecular weight excluding hydrogens is 232 g/mol.